The van der Waals surface area contributed by atoms with Gasteiger partial charge in [-0.15, -0.1) is 0 Å². The van der Waals surface area contributed by atoms with Crippen LogP contribution in [0.15, 0.2) is 10.3 Å². The average Bonchev–Trinajstić information content (AvgIpc) is 2.86. The SMILES string of the molecule is COc1nscc1S(=O)(=O)N1CC(C)OCC1C(F)(F)F. The summed E-state index contributed by atoms with van der Waals surface area (Å²) in [5.41, 5.74) is 0. The van der Waals surface area contributed by atoms with Crippen molar-refractivity contribution < 1.29 is 31.1 Å². The van der Waals surface area contributed by atoms with Gasteiger partial charge in [0.25, 0.3) is 0 Å². The van der Waals surface area contributed by atoms with Gasteiger partial charge in [-0.05, 0) is 18.5 Å². The van der Waals surface area contributed by atoms with E-state index >= 15 is 0 Å². The van der Waals surface area contributed by atoms with Crippen LogP contribution in [-0.4, -0.2) is 55.7 Å². The third-order valence-corrected chi connectivity index (χ3v) is 5.62. The second kappa shape index (κ2) is 5.71. The molecule has 120 valence electrons. The van der Waals surface area contributed by atoms with E-state index in [9.17, 15) is 21.6 Å². The molecule has 1 aromatic heterocycles. The molecule has 2 unspecified atom stereocenters. The van der Waals surface area contributed by atoms with E-state index in [1.54, 1.807) is 0 Å². The van der Waals surface area contributed by atoms with Gasteiger partial charge in [0.1, 0.15) is 6.04 Å². The zero-order valence-corrected chi connectivity index (χ0v) is 12.8. The lowest BCUT2D eigenvalue weighted by Crippen LogP contribution is -2.57. The molecule has 0 radical (unpaired) electrons. The lowest BCUT2D eigenvalue weighted by molar-refractivity contribution is -0.204. The van der Waals surface area contributed by atoms with Crippen LogP contribution in [0.3, 0.4) is 0 Å². The van der Waals surface area contributed by atoms with Crippen molar-refractivity contribution in [1.29, 1.82) is 0 Å². The molecule has 0 spiro atoms. The van der Waals surface area contributed by atoms with Crippen molar-refractivity contribution in [2.24, 2.45) is 0 Å². The number of nitrogens with zero attached hydrogens (tertiary/aromatic N) is 2. The molecule has 11 heteroatoms. The van der Waals surface area contributed by atoms with Gasteiger partial charge < -0.3 is 9.47 Å². The van der Waals surface area contributed by atoms with Gasteiger partial charge in [-0.25, -0.2) is 8.42 Å². The van der Waals surface area contributed by atoms with Crippen LogP contribution in [0.4, 0.5) is 13.2 Å². The largest absolute Gasteiger partial charge is 0.479 e. The van der Waals surface area contributed by atoms with Crippen molar-refractivity contribution in [3.8, 4) is 5.88 Å². The van der Waals surface area contributed by atoms with E-state index in [1.165, 1.54) is 14.0 Å². The summed E-state index contributed by atoms with van der Waals surface area (Å²) in [7, 11) is -3.16. The van der Waals surface area contributed by atoms with Crippen LogP contribution in [-0.2, 0) is 14.8 Å². The minimum Gasteiger partial charge on any atom is -0.479 e. The molecule has 1 aromatic rings. The molecule has 1 fully saturated rings. The topological polar surface area (TPSA) is 68.7 Å². The van der Waals surface area contributed by atoms with Crippen molar-refractivity contribution in [3.05, 3.63) is 5.38 Å². The van der Waals surface area contributed by atoms with Crippen molar-refractivity contribution >= 4 is 21.6 Å². The van der Waals surface area contributed by atoms with Gasteiger partial charge in [-0.2, -0.15) is 21.9 Å². The Morgan fingerprint density at radius 3 is 2.76 bits per heavy atom. The zero-order chi connectivity index (χ0) is 15.8. The van der Waals surface area contributed by atoms with E-state index in [4.69, 9.17) is 9.47 Å². The molecule has 1 saturated heterocycles. The molecule has 0 amide bonds. The standard InChI is InChI=1S/C10H13F3N2O4S2/c1-6-3-15(8(4-19-6)10(11,12)13)21(16,17)7-5-20-14-9(7)18-2/h5-6,8H,3-4H2,1-2H3. The number of ether oxygens (including phenoxy) is 2. The summed E-state index contributed by atoms with van der Waals surface area (Å²) < 4.78 is 78.0. The third kappa shape index (κ3) is 3.15. The smallest absolute Gasteiger partial charge is 0.407 e. The quantitative estimate of drug-likeness (QED) is 0.829. The monoisotopic (exact) mass is 346 g/mol. The summed E-state index contributed by atoms with van der Waals surface area (Å²) in [6.07, 6.45) is -5.35. The van der Waals surface area contributed by atoms with E-state index in [-0.39, 0.29) is 17.3 Å². The van der Waals surface area contributed by atoms with Gasteiger partial charge in [0, 0.05) is 11.9 Å². The number of methoxy groups -OCH3 is 1. The molecule has 2 heterocycles. The summed E-state index contributed by atoms with van der Waals surface area (Å²) >= 11 is 0.798. The molecule has 6 nitrogen and oxygen atoms in total. The second-order valence-electron chi connectivity index (χ2n) is 4.46. The Hall–Kier alpha value is -0.910. The first-order chi connectivity index (χ1) is 9.67. The fraction of sp³-hybridized carbons (Fsp3) is 0.700. The van der Waals surface area contributed by atoms with E-state index in [1.807, 2.05) is 0 Å². The molecule has 0 N–H and O–H groups in total. The van der Waals surface area contributed by atoms with Crippen LogP contribution in [0, 0.1) is 0 Å². The minimum atomic E-state index is -4.72. The number of alkyl halides is 3. The van der Waals surface area contributed by atoms with Crippen molar-refractivity contribution in [2.75, 3.05) is 20.3 Å². The molecular weight excluding hydrogens is 333 g/mol. The van der Waals surface area contributed by atoms with E-state index in [2.05, 4.69) is 4.37 Å². The van der Waals surface area contributed by atoms with Crippen LogP contribution in [0.1, 0.15) is 6.92 Å². The molecular formula is C10H13F3N2O4S2. The van der Waals surface area contributed by atoms with Crippen molar-refractivity contribution in [3.63, 3.8) is 0 Å². The van der Waals surface area contributed by atoms with Gasteiger partial charge in [0.05, 0.1) is 19.8 Å². The maximum absolute atomic E-state index is 13.0. The summed E-state index contributed by atoms with van der Waals surface area (Å²) in [5, 5.41) is 1.15. The maximum Gasteiger partial charge on any atom is 0.407 e. The molecule has 2 rings (SSSR count). The third-order valence-electron chi connectivity index (χ3n) is 2.99. The highest BCUT2D eigenvalue weighted by molar-refractivity contribution is 7.89. The second-order valence-corrected chi connectivity index (χ2v) is 6.95. The lowest BCUT2D eigenvalue weighted by atomic mass is 10.2. The number of hydrogen-bond donors (Lipinski definition) is 0. The Labute approximate surface area is 123 Å². The highest BCUT2D eigenvalue weighted by Gasteiger charge is 2.51. The first-order valence-corrected chi connectivity index (χ1v) is 8.14. The van der Waals surface area contributed by atoms with Crippen molar-refractivity contribution in [2.45, 2.75) is 30.1 Å². The Bertz CT molecular complexity index is 602. The number of hydrogen-bond acceptors (Lipinski definition) is 6. The number of halogens is 3. The Kier molecular flexibility index (Phi) is 4.47. The van der Waals surface area contributed by atoms with Crippen LogP contribution < -0.4 is 4.74 Å². The molecule has 1 aliphatic heterocycles. The summed E-state index contributed by atoms with van der Waals surface area (Å²) in [4.78, 5) is -0.363. The van der Waals surface area contributed by atoms with E-state index < -0.39 is 35.0 Å². The lowest BCUT2D eigenvalue weighted by Gasteiger charge is -2.38. The van der Waals surface area contributed by atoms with Crippen LogP contribution >= 0.6 is 11.5 Å². The Morgan fingerprint density at radius 2 is 2.19 bits per heavy atom. The molecule has 21 heavy (non-hydrogen) atoms. The molecule has 1 aliphatic rings. The van der Waals surface area contributed by atoms with Gasteiger partial charge in [-0.1, -0.05) is 0 Å². The van der Waals surface area contributed by atoms with Crippen LogP contribution in [0.5, 0.6) is 5.88 Å². The normalized spacial score (nSPS) is 25.0. The van der Waals surface area contributed by atoms with Crippen LogP contribution in [0.25, 0.3) is 0 Å². The molecule has 0 bridgehead atoms. The first kappa shape index (κ1) is 16.5. The minimum absolute atomic E-state index is 0.208. The summed E-state index contributed by atoms with van der Waals surface area (Å²) in [6.45, 7) is 0.396. The first-order valence-electron chi connectivity index (χ1n) is 5.86. The molecule has 0 aromatic carbocycles. The average molecular weight is 346 g/mol. The molecule has 2 atom stereocenters. The van der Waals surface area contributed by atoms with E-state index in [0.29, 0.717) is 4.31 Å². The maximum atomic E-state index is 13.0. The van der Waals surface area contributed by atoms with Crippen molar-refractivity contribution in [1.82, 2.24) is 8.68 Å². The number of rotatable bonds is 3. The van der Waals surface area contributed by atoms with Gasteiger partial charge in [0.15, 0.2) is 4.90 Å². The Morgan fingerprint density at radius 1 is 1.52 bits per heavy atom. The number of aromatic nitrogens is 1. The number of sulfonamides is 1. The predicted molar refractivity (Wildman–Crippen MR) is 67.8 cm³/mol. The summed E-state index contributed by atoms with van der Waals surface area (Å²) in [5.74, 6) is -0.208. The number of morpholine rings is 1. The van der Waals surface area contributed by atoms with Crippen LogP contribution in [0.2, 0.25) is 0 Å². The fourth-order valence-electron chi connectivity index (χ4n) is 1.95. The van der Waals surface area contributed by atoms with E-state index in [0.717, 1.165) is 16.9 Å². The highest BCUT2D eigenvalue weighted by Crippen LogP contribution is 2.35. The zero-order valence-electron chi connectivity index (χ0n) is 11.1. The highest BCUT2D eigenvalue weighted by atomic mass is 32.2. The van der Waals surface area contributed by atoms with Gasteiger partial charge in [0.2, 0.25) is 15.9 Å². The summed E-state index contributed by atoms with van der Waals surface area (Å²) in [6, 6.07) is -2.22. The van der Waals surface area contributed by atoms with Gasteiger partial charge >= 0.3 is 6.18 Å². The fourth-order valence-corrected chi connectivity index (χ4v) is 4.66. The Balaban J connectivity index is 2.44. The molecule has 0 aliphatic carbocycles. The molecule has 0 saturated carbocycles. The predicted octanol–water partition coefficient (Wildman–Crippen LogP) is 1.49. The van der Waals surface area contributed by atoms with Gasteiger partial charge in [-0.3, -0.25) is 0 Å².